The number of carboxylic acids is 1. The molecular formula is C15H17NO5S. The molecule has 0 saturated carbocycles. The van der Waals surface area contributed by atoms with E-state index in [1.165, 1.54) is 4.90 Å². The molecule has 1 aromatic rings. The lowest BCUT2D eigenvalue weighted by Gasteiger charge is -2.26. The van der Waals surface area contributed by atoms with Crippen LogP contribution in [0.15, 0.2) is 24.3 Å². The molecule has 118 valence electrons. The Morgan fingerprint density at radius 3 is 2.64 bits per heavy atom. The SMILES string of the molecule is O=C(O)[C@H]1CN(c2ccc([C@H]3CCS[C@H](O)C3)cc2)C(=O)O1. The van der Waals surface area contributed by atoms with Gasteiger partial charge in [0, 0.05) is 5.69 Å². The van der Waals surface area contributed by atoms with Crippen molar-refractivity contribution in [2.24, 2.45) is 0 Å². The standard InChI is InChI=1S/C15H17NO5S/c17-13-7-10(5-6-22-13)9-1-3-11(4-2-9)16-8-12(14(18)19)21-15(16)20/h1-4,10,12-13,17H,5-8H2,(H,18,19)/t10-,12+,13-/m0/s1. The summed E-state index contributed by atoms with van der Waals surface area (Å²) in [5.74, 6) is 0.121. The Labute approximate surface area is 132 Å². The average molecular weight is 323 g/mol. The lowest BCUT2D eigenvalue weighted by atomic mass is 9.93. The number of ether oxygens (including phenoxy) is 1. The Hall–Kier alpha value is -1.73. The van der Waals surface area contributed by atoms with Crippen molar-refractivity contribution < 1.29 is 24.5 Å². The molecule has 1 aromatic carbocycles. The fraction of sp³-hybridized carbons (Fsp3) is 0.467. The molecule has 0 spiro atoms. The minimum atomic E-state index is -1.14. The van der Waals surface area contributed by atoms with Crippen molar-refractivity contribution in [3.8, 4) is 0 Å². The van der Waals surface area contributed by atoms with Gasteiger partial charge in [-0.3, -0.25) is 4.90 Å². The third kappa shape index (κ3) is 3.05. The zero-order valence-electron chi connectivity index (χ0n) is 11.8. The summed E-state index contributed by atoms with van der Waals surface area (Å²) in [6.45, 7) is 0.0201. The van der Waals surface area contributed by atoms with Crippen molar-refractivity contribution >= 4 is 29.5 Å². The van der Waals surface area contributed by atoms with E-state index in [2.05, 4.69) is 0 Å². The molecule has 0 bridgehead atoms. The minimum absolute atomic E-state index is 0.0201. The topological polar surface area (TPSA) is 87.1 Å². The first-order chi connectivity index (χ1) is 10.5. The Bertz CT molecular complexity index is 576. The molecule has 0 aliphatic carbocycles. The number of carboxylic acid groups (broad SMARTS) is 1. The molecule has 2 N–H and O–H groups in total. The van der Waals surface area contributed by atoms with E-state index < -0.39 is 18.2 Å². The van der Waals surface area contributed by atoms with Gasteiger partial charge in [0.2, 0.25) is 6.10 Å². The van der Waals surface area contributed by atoms with Gasteiger partial charge in [-0.25, -0.2) is 9.59 Å². The van der Waals surface area contributed by atoms with Crippen molar-refractivity contribution in [2.45, 2.75) is 30.3 Å². The minimum Gasteiger partial charge on any atom is -0.478 e. The predicted molar refractivity (Wildman–Crippen MR) is 82.1 cm³/mol. The zero-order chi connectivity index (χ0) is 15.7. The fourth-order valence-electron chi connectivity index (χ4n) is 2.81. The first kappa shape index (κ1) is 15.2. The largest absolute Gasteiger partial charge is 0.478 e. The average Bonchev–Trinajstić information content (AvgIpc) is 2.90. The molecular weight excluding hydrogens is 306 g/mol. The van der Waals surface area contributed by atoms with E-state index in [-0.39, 0.29) is 12.0 Å². The molecule has 7 heteroatoms. The highest BCUT2D eigenvalue weighted by atomic mass is 32.2. The van der Waals surface area contributed by atoms with Gasteiger partial charge in [-0.1, -0.05) is 12.1 Å². The molecule has 2 aliphatic rings. The lowest BCUT2D eigenvalue weighted by Crippen LogP contribution is -2.27. The second kappa shape index (κ2) is 6.18. The van der Waals surface area contributed by atoms with Gasteiger partial charge in [-0.05, 0) is 42.2 Å². The summed E-state index contributed by atoms with van der Waals surface area (Å²) < 4.78 is 4.80. The van der Waals surface area contributed by atoms with Gasteiger partial charge in [0.25, 0.3) is 0 Å². The molecule has 2 fully saturated rings. The Morgan fingerprint density at radius 1 is 1.32 bits per heavy atom. The lowest BCUT2D eigenvalue weighted by molar-refractivity contribution is -0.144. The third-order valence-corrected chi connectivity index (χ3v) is 5.07. The molecule has 0 aromatic heterocycles. The third-order valence-electron chi connectivity index (χ3n) is 4.03. The van der Waals surface area contributed by atoms with Gasteiger partial charge >= 0.3 is 12.1 Å². The van der Waals surface area contributed by atoms with Crippen LogP contribution in [0.2, 0.25) is 0 Å². The van der Waals surface area contributed by atoms with Crippen LogP contribution in [0.1, 0.15) is 24.3 Å². The summed E-state index contributed by atoms with van der Waals surface area (Å²) in [6.07, 6.45) is 0.00690. The summed E-state index contributed by atoms with van der Waals surface area (Å²) in [4.78, 5) is 23.9. The van der Waals surface area contributed by atoms with Crippen LogP contribution >= 0.6 is 11.8 Å². The maximum Gasteiger partial charge on any atom is 0.415 e. The predicted octanol–water partition coefficient (Wildman–Crippen LogP) is 2.03. The van der Waals surface area contributed by atoms with Gasteiger partial charge in [0.05, 0.1) is 12.0 Å². The smallest absolute Gasteiger partial charge is 0.415 e. The first-order valence-electron chi connectivity index (χ1n) is 7.15. The zero-order valence-corrected chi connectivity index (χ0v) is 12.7. The number of benzene rings is 1. The van der Waals surface area contributed by atoms with Crippen molar-refractivity contribution in [3.63, 3.8) is 0 Å². The monoisotopic (exact) mass is 323 g/mol. The molecule has 1 amide bonds. The number of aliphatic hydroxyl groups excluding tert-OH is 1. The molecule has 3 atom stereocenters. The van der Waals surface area contributed by atoms with E-state index in [0.717, 1.165) is 24.2 Å². The number of nitrogens with zero attached hydrogens (tertiary/aromatic N) is 1. The van der Waals surface area contributed by atoms with E-state index in [1.807, 2.05) is 12.1 Å². The molecule has 0 unspecified atom stereocenters. The molecule has 22 heavy (non-hydrogen) atoms. The second-order valence-electron chi connectivity index (χ2n) is 5.46. The Balaban J connectivity index is 1.71. The van der Waals surface area contributed by atoms with Gasteiger partial charge in [-0.15, -0.1) is 11.8 Å². The quantitative estimate of drug-likeness (QED) is 0.885. The van der Waals surface area contributed by atoms with Crippen LogP contribution in [0, 0.1) is 0 Å². The summed E-state index contributed by atoms with van der Waals surface area (Å²) in [6, 6.07) is 7.47. The van der Waals surface area contributed by atoms with Crippen LogP contribution in [-0.4, -0.2) is 46.1 Å². The van der Waals surface area contributed by atoms with E-state index in [1.54, 1.807) is 23.9 Å². The van der Waals surface area contributed by atoms with Crippen LogP contribution in [0.4, 0.5) is 10.5 Å². The number of anilines is 1. The molecule has 3 rings (SSSR count). The number of aliphatic carboxylic acids is 1. The van der Waals surface area contributed by atoms with Crippen LogP contribution in [0.3, 0.4) is 0 Å². The number of rotatable bonds is 3. The van der Waals surface area contributed by atoms with Crippen LogP contribution in [-0.2, 0) is 9.53 Å². The van der Waals surface area contributed by atoms with Crippen molar-refractivity contribution in [1.29, 1.82) is 0 Å². The Morgan fingerprint density at radius 2 is 2.05 bits per heavy atom. The van der Waals surface area contributed by atoms with Crippen LogP contribution in [0.5, 0.6) is 0 Å². The normalized spacial score (nSPS) is 28.5. The van der Waals surface area contributed by atoms with E-state index in [9.17, 15) is 14.7 Å². The number of hydrogen-bond acceptors (Lipinski definition) is 5. The highest BCUT2D eigenvalue weighted by molar-refractivity contribution is 7.99. The number of aliphatic hydroxyl groups is 1. The molecule has 2 heterocycles. The molecule has 2 aliphatic heterocycles. The summed E-state index contributed by atoms with van der Waals surface area (Å²) >= 11 is 1.57. The number of cyclic esters (lactones) is 1. The first-order valence-corrected chi connectivity index (χ1v) is 8.20. The van der Waals surface area contributed by atoms with E-state index >= 15 is 0 Å². The second-order valence-corrected chi connectivity index (χ2v) is 6.75. The highest BCUT2D eigenvalue weighted by Crippen LogP contribution is 2.35. The number of hydrogen-bond donors (Lipinski definition) is 2. The summed E-state index contributed by atoms with van der Waals surface area (Å²) in [5.41, 5.74) is 1.44. The van der Waals surface area contributed by atoms with Crippen LogP contribution < -0.4 is 4.90 Å². The maximum atomic E-state index is 11.7. The number of carbonyl (C=O) groups is 2. The number of thioether (sulfide) groups is 1. The van der Waals surface area contributed by atoms with Gasteiger partial charge in [0.1, 0.15) is 0 Å². The van der Waals surface area contributed by atoms with Crippen molar-refractivity contribution in [2.75, 3.05) is 17.2 Å². The van der Waals surface area contributed by atoms with Crippen molar-refractivity contribution in [3.05, 3.63) is 29.8 Å². The fourth-order valence-corrected chi connectivity index (χ4v) is 3.87. The van der Waals surface area contributed by atoms with Gasteiger partial charge < -0.3 is 14.9 Å². The number of carbonyl (C=O) groups excluding carboxylic acids is 1. The van der Waals surface area contributed by atoms with E-state index in [4.69, 9.17) is 9.84 Å². The Kier molecular flexibility index (Phi) is 4.26. The van der Waals surface area contributed by atoms with Gasteiger partial charge in [0.15, 0.2) is 0 Å². The van der Waals surface area contributed by atoms with Gasteiger partial charge in [-0.2, -0.15) is 0 Å². The summed E-state index contributed by atoms with van der Waals surface area (Å²) in [7, 11) is 0. The van der Waals surface area contributed by atoms with Crippen molar-refractivity contribution in [1.82, 2.24) is 0 Å². The summed E-state index contributed by atoms with van der Waals surface area (Å²) in [5, 5.41) is 18.6. The van der Waals surface area contributed by atoms with Crippen LogP contribution in [0.25, 0.3) is 0 Å². The molecule has 0 radical (unpaired) electrons. The number of amides is 1. The highest BCUT2D eigenvalue weighted by Gasteiger charge is 2.37. The molecule has 2 saturated heterocycles. The van der Waals surface area contributed by atoms with E-state index in [0.29, 0.717) is 11.6 Å². The maximum absolute atomic E-state index is 11.7. The molecule has 6 nitrogen and oxygen atoms in total.